The van der Waals surface area contributed by atoms with Gasteiger partial charge in [0.15, 0.2) is 11.5 Å². The van der Waals surface area contributed by atoms with Crippen molar-refractivity contribution in [2.75, 3.05) is 12.1 Å². The summed E-state index contributed by atoms with van der Waals surface area (Å²) in [7, 11) is 0. The van der Waals surface area contributed by atoms with Gasteiger partial charge in [0.05, 0.1) is 11.4 Å². The Hall–Kier alpha value is -3.65. The van der Waals surface area contributed by atoms with E-state index in [1.807, 2.05) is 55.6 Å². The molecule has 1 N–H and O–H groups in total. The van der Waals surface area contributed by atoms with Gasteiger partial charge in [-0.25, -0.2) is 4.98 Å². The van der Waals surface area contributed by atoms with Crippen LogP contribution in [0.25, 0.3) is 16.4 Å². The van der Waals surface area contributed by atoms with Crippen LogP contribution >= 0.6 is 11.3 Å². The van der Waals surface area contributed by atoms with Crippen LogP contribution in [0.15, 0.2) is 53.9 Å². The van der Waals surface area contributed by atoms with Gasteiger partial charge in [0.25, 0.3) is 5.91 Å². The first kappa shape index (κ1) is 18.4. The van der Waals surface area contributed by atoms with Gasteiger partial charge in [-0.05, 0) is 44.2 Å². The summed E-state index contributed by atoms with van der Waals surface area (Å²) in [6.45, 7) is 4.10. The molecule has 0 atom stereocenters. The van der Waals surface area contributed by atoms with E-state index in [0.29, 0.717) is 22.3 Å². The molecule has 0 saturated heterocycles. The highest BCUT2D eigenvalue weighted by atomic mass is 32.1. The van der Waals surface area contributed by atoms with Crippen LogP contribution in [0, 0.1) is 13.8 Å². The summed E-state index contributed by atoms with van der Waals surface area (Å²) < 4.78 is 12.5. The molecular weight excluding hydrogens is 400 g/mol. The fraction of sp³-hybridized carbons (Fsp3) is 0.136. The van der Waals surface area contributed by atoms with Crippen molar-refractivity contribution in [2.45, 2.75) is 13.8 Å². The molecule has 0 spiro atoms. The lowest BCUT2D eigenvalue weighted by Gasteiger charge is -2.07. The summed E-state index contributed by atoms with van der Waals surface area (Å²) >= 11 is 1.45. The highest BCUT2D eigenvalue weighted by Crippen LogP contribution is 2.36. The summed E-state index contributed by atoms with van der Waals surface area (Å²) in [6.07, 6.45) is 0. The van der Waals surface area contributed by atoms with E-state index in [1.165, 1.54) is 11.3 Å². The molecule has 0 bridgehead atoms. The number of carbonyl (C=O) groups excluding carboxylic acids is 1. The number of anilines is 1. The number of ether oxygens (including phenoxy) is 2. The van der Waals surface area contributed by atoms with Crippen LogP contribution in [0.2, 0.25) is 0 Å². The van der Waals surface area contributed by atoms with E-state index in [1.54, 1.807) is 16.8 Å². The van der Waals surface area contributed by atoms with E-state index < -0.39 is 0 Å². The number of benzene rings is 2. The van der Waals surface area contributed by atoms with Crippen molar-refractivity contribution >= 4 is 23.1 Å². The van der Waals surface area contributed by atoms with Crippen molar-refractivity contribution in [3.05, 3.63) is 70.7 Å². The van der Waals surface area contributed by atoms with Crippen molar-refractivity contribution in [3.8, 4) is 27.9 Å². The average molecular weight is 418 g/mol. The molecule has 0 aliphatic carbocycles. The lowest BCUT2D eigenvalue weighted by Crippen LogP contribution is -2.15. The molecule has 2 aromatic heterocycles. The zero-order valence-electron chi connectivity index (χ0n) is 16.4. The number of hydrogen-bond donors (Lipinski definition) is 1. The summed E-state index contributed by atoms with van der Waals surface area (Å²) in [5, 5.41) is 10.1. The predicted molar refractivity (Wildman–Crippen MR) is 115 cm³/mol. The number of nitrogens with one attached hydrogen (secondary N) is 1. The van der Waals surface area contributed by atoms with Crippen molar-refractivity contribution < 1.29 is 14.3 Å². The third-order valence-corrected chi connectivity index (χ3v) is 5.54. The van der Waals surface area contributed by atoms with Crippen molar-refractivity contribution in [1.82, 2.24) is 14.8 Å². The van der Waals surface area contributed by atoms with Crippen LogP contribution in [-0.4, -0.2) is 27.5 Å². The Morgan fingerprint density at radius 3 is 2.70 bits per heavy atom. The Morgan fingerprint density at radius 2 is 1.87 bits per heavy atom. The smallest absolute Gasteiger partial charge is 0.256 e. The highest BCUT2D eigenvalue weighted by Gasteiger charge is 2.18. The van der Waals surface area contributed by atoms with Crippen LogP contribution in [0.5, 0.6) is 11.5 Å². The Morgan fingerprint density at radius 1 is 1.07 bits per heavy atom. The maximum atomic E-state index is 12.7. The Balaban J connectivity index is 1.43. The Kier molecular flexibility index (Phi) is 4.48. The molecule has 0 radical (unpaired) electrons. The quantitative estimate of drug-likeness (QED) is 0.524. The van der Waals surface area contributed by atoms with Gasteiger partial charge in [-0.3, -0.25) is 4.79 Å². The molecule has 1 aliphatic rings. The van der Waals surface area contributed by atoms with Gasteiger partial charge in [-0.1, -0.05) is 17.7 Å². The maximum Gasteiger partial charge on any atom is 0.256 e. The van der Waals surface area contributed by atoms with Crippen molar-refractivity contribution in [3.63, 3.8) is 0 Å². The molecule has 1 amide bonds. The summed E-state index contributed by atoms with van der Waals surface area (Å²) in [5.74, 6) is 1.83. The molecule has 4 aromatic rings. The largest absolute Gasteiger partial charge is 0.454 e. The van der Waals surface area contributed by atoms with Crippen molar-refractivity contribution in [1.29, 1.82) is 0 Å². The van der Waals surface area contributed by atoms with Gasteiger partial charge in [-0.15, -0.1) is 11.3 Å². The lowest BCUT2D eigenvalue weighted by atomic mass is 10.1. The molecule has 5 rings (SSSR count). The van der Waals surface area contributed by atoms with Crippen LogP contribution in [0.1, 0.15) is 21.6 Å². The molecular formula is C22H18N4O3S. The van der Waals surface area contributed by atoms with Gasteiger partial charge >= 0.3 is 0 Å². The molecule has 8 heteroatoms. The fourth-order valence-electron chi connectivity index (χ4n) is 3.18. The fourth-order valence-corrected chi connectivity index (χ4v) is 3.97. The van der Waals surface area contributed by atoms with Gasteiger partial charge in [0.1, 0.15) is 5.82 Å². The van der Waals surface area contributed by atoms with Crippen LogP contribution in [0.4, 0.5) is 5.82 Å². The second-order valence-electron chi connectivity index (χ2n) is 6.99. The van der Waals surface area contributed by atoms with Crippen molar-refractivity contribution in [2.24, 2.45) is 0 Å². The summed E-state index contributed by atoms with van der Waals surface area (Å²) in [5.41, 5.74) is 4.21. The summed E-state index contributed by atoms with van der Waals surface area (Å²) in [4.78, 5) is 17.4. The number of aryl methyl sites for hydroxylation is 2. The monoisotopic (exact) mass is 418 g/mol. The average Bonchev–Trinajstić information content (AvgIpc) is 3.47. The molecule has 30 heavy (non-hydrogen) atoms. The third kappa shape index (κ3) is 3.42. The lowest BCUT2D eigenvalue weighted by molar-refractivity contribution is 0.102. The van der Waals surface area contributed by atoms with E-state index in [0.717, 1.165) is 28.3 Å². The minimum atomic E-state index is -0.191. The first-order valence-corrected chi connectivity index (χ1v) is 10.3. The van der Waals surface area contributed by atoms with Crippen LogP contribution in [0.3, 0.4) is 0 Å². The molecule has 0 saturated carbocycles. The number of amides is 1. The molecule has 3 heterocycles. The predicted octanol–water partition coefficient (Wildman–Crippen LogP) is 4.59. The minimum Gasteiger partial charge on any atom is -0.454 e. The topological polar surface area (TPSA) is 78.3 Å². The second kappa shape index (κ2) is 7.31. The minimum absolute atomic E-state index is 0.191. The molecule has 1 aliphatic heterocycles. The van der Waals surface area contributed by atoms with Gasteiger partial charge in [-0.2, -0.15) is 9.78 Å². The Bertz CT molecular complexity index is 1240. The van der Waals surface area contributed by atoms with Crippen LogP contribution < -0.4 is 14.8 Å². The SMILES string of the molecule is Cc1ccc(C(=O)Nc2cc(C)nn2-c2nc(-c3ccc4c(c3)OCO4)cs2)cc1. The number of thiazole rings is 1. The van der Waals surface area contributed by atoms with Gasteiger partial charge in [0.2, 0.25) is 11.9 Å². The van der Waals surface area contributed by atoms with E-state index in [-0.39, 0.29) is 12.7 Å². The van der Waals surface area contributed by atoms with E-state index in [4.69, 9.17) is 14.5 Å². The zero-order chi connectivity index (χ0) is 20.7. The molecule has 0 unspecified atom stereocenters. The van der Waals surface area contributed by atoms with Gasteiger partial charge < -0.3 is 14.8 Å². The molecule has 150 valence electrons. The second-order valence-corrected chi connectivity index (χ2v) is 7.82. The Labute approximate surface area is 176 Å². The van der Waals surface area contributed by atoms with E-state index in [9.17, 15) is 4.79 Å². The number of fused-ring (bicyclic) bond motifs is 1. The molecule has 2 aromatic carbocycles. The number of rotatable bonds is 4. The first-order valence-electron chi connectivity index (χ1n) is 9.37. The normalized spacial score (nSPS) is 12.2. The first-order chi connectivity index (χ1) is 14.6. The number of nitrogens with zero attached hydrogens (tertiary/aromatic N) is 3. The van der Waals surface area contributed by atoms with E-state index in [2.05, 4.69) is 10.4 Å². The van der Waals surface area contributed by atoms with Gasteiger partial charge in [0, 0.05) is 22.6 Å². The number of carbonyl (C=O) groups is 1. The standard InChI is InChI=1S/C22H18N4O3S/c1-13-3-5-15(6-4-13)21(27)24-20-9-14(2)25-26(20)22-23-17(11-30-22)16-7-8-18-19(10-16)29-12-28-18/h3-11H,12H2,1-2H3,(H,24,27). The van der Waals surface area contributed by atoms with Crippen LogP contribution in [-0.2, 0) is 0 Å². The molecule has 0 fully saturated rings. The molecule has 7 nitrogen and oxygen atoms in total. The van der Waals surface area contributed by atoms with E-state index >= 15 is 0 Å². The highest BCUT2D eigenvalue weighted by molar-refractivity contribution is 7.12. The number of hydrogen-bond acceptors (Lipinski definition) is 6. The maximum absolute atomic E-state index is 12.7. The zero-order valence-corrected chi connectivity index (χ0v) is 17.2. The third-order valence-electron chi connectivity index (χ3n) is 4.73. The number of aromatic nitrogens is 3. The summed E-state index contributed by atoms with van der Waals surface area (Å²) in [6, 6.07) is 15.0.